The molecule has 21 heteroatoms. The average molecular weight is 1140 g/mol. The van der Waals surface area contributed by atoms with Crippen molar-refractivity contribution in [3.8, 4) is 0 Å². The summed E-state index contributed by atoms with van der Waals surface area (Å²) in [6.07, 6.45) is 18.9. The third-order valence-corrected chi connectivity index (χ3v) is 17.0. The molecule has 16 rings (SSSR count). The van der Waals surface area contributed by atoms with E-state index in [0.29, 0.717) is 32.3 Å². The highest BCUT2D eigenvalue weighted by Gasteiger charge is 2.22. The molecule has 0 bridgehead atoms. The minimum Gasteiger partial charge on any atom is -0.384 e. The number of likely N-dealkylation sites (tertiary alicyclic amines) is 1. The van der Waals surface area contributed by atoms with E-state index in [1.54, 1.807) is 31.2 Å². The summed E-state index contributed by atoms with van der Waals surface area (Å²) < 4.78 is 6.07. The van der Waals surface area contributed by atoms with Crippen LogP contribution in [0.25, 0.3) is 115 Å². The van der Waals surface area contributed by atoms with E-state index in [4.69, 9.17) is 0 Å². The van der Waals surface area contributed by atoms with Crippen LogP contribution in [0.3, 0.4) is 0 Å². The first-order chi connectivity index (χ1) is 41.6. The van der Waals surface area contributed by atoms with Crippen molar-refractivity contribution in [3.63, 3.8) is 0 Å². The van der Waals surface area contributed by atoms with E-state index in [0.717, 1.165) is 158 Å². The van der Waals surface area contributed by atoms with E-state index in [9.17, 15) is 14.4 Å². The Balaban J connectivity index is 0.000000113. The average Bonchev–Trinajstić information content (AvgIpc) is 1.89. The molecule has 9 aromatic heterocycles. The molecule has 1 fully saturated rings. The summed E-state index contributed by atoms with van der Waals surface area (Å²) in [6.45, 7) is 7.91. The third-order valence-electron chi connectivity index (χ3n) is 17.0. The minimum absolute atomic E-state index is 0.0192. The number of hydrogen-bond donors (Lipinski definition) is 6. The minimum atomic E-state index is 0.0192. The number of nitrogens with one attached hydrogen (secondary N) is 6. The number of nitrogens with zero attached hydrogens (tertiary/aromatic N) is 12. The van der Waals surface area contributed by atoms with Crippen molar-refractivity contribution >= 4 is 132 Å². The molecular formula is C64H66N18O3. The zero-order valence-electron chi connectivity index (χ0n) is 48.1. The van der Waals surface area contributed by atoms with Crippen LogP contribution in [0.4, 0.5) is 17.1 Å². The molecule has 1 saturated heterocycles. The van der Waals surface area contributed by atoms with Gasteiger partial charge >= 0.3 is 0 Å². The smallest absolute Gasteiger partial charge is 0.200 e. The summed E-state index contributed by atoms with van der Waals surface area (Å²) in [5, 5.41) is 38.4. The topological polar surface area (TPSA) is 235 Å². The highest BCUT2D eigenvalue weighted by molar-refractivity contribution is 6.16. The lowest BCUT2D eigenvalue weighted by Gasteiger charge is -2.26. The van der Waals surface area contributed by atoms with Gasteiger partial charge in [0.15, 0.2) is 16.3 Å². The van der Waals surface area contributed by atoms with Gasteiger partial charge in [0, 0.05) is 59.4 Å². The van der Waals surface area contributed by atoms with Gasteiger partial charge in [-0.25, -0.2) is 15.0 Å². The third kappa shape index (κ3) is 9.44. The Hall–Kier alpha value is -9.57. The van der Waals surface area contributed by atoms with Crippen LogP contribution >= 0.6 is 0 Å². The fourth-order valence-electron chi connectivity index (χ4n) is 12.8. The first-order valence-electron chi connectivity index (χ1n) is 29.4. The number of unbranched alkanes of at least 4 members (excludes halogenated alkanes) is 2. The molecule has 430 valence electrons. The molecule has 0 radical (unpaired) electrons. The number of aromatic nitrogens is 12. The molecule has 1 aliphatic rings. The number of H-pyrrole nitrogens is 3. The van der Waals surface area contributed by atoms with Crippen LogP contribution in [0, 0.1) is 0 Å². The van der Waals surface area contributed by atoms with Crippen molar-refractivity contribution < 1.29 is 0 Å². The molecule has 10 heterocycles. The number of piperidine rings is 1. The van der Waals surface area contributed by atoms with Crippen molar-refractivity contribution in [2.45, 2.75) is 44.9 Å². The van der Waals surface area contributed by atoms with Gasteiger partial charge in [0.05, 0.1) is 117 Å². The van der Waals surface area contributed by atoms with Crippen LogP contribution in [0.5, 0.6) is 0 Å². The fraction of sp³-hybridized carbons (Fsp3) is 0.297. The molecule has 0 amide bonds. The van der Waals surface area contributed by atoms with Gasteiger partial charge in [0.25, 0.3) is 0 Å². The molecule has 0 saturated carbocycles. The lowest BCUT2D eigenvalue weighted by molar-refractivity contribution is 0.237. The molecule has 1 aliphatic heterocycles. The van der Waals surface area contributed by atoms with Gasteiger partial charge in [-0.15, -0.1) is 0 Å². The van der Waals surface area contributed by atoms with E-state index in [1.807, 2.05) is 92.3 Å². The van der Waals surface area contributed by atoms with Gasteiger partial charge in [-0.3, -0.25) is 42.9 Å². The Morgan fingerprint density at radius 1 is 0.435 bits per heavy atom. The molecule has 85 heavy (non-hydrogen) atoms. The van der Waals surface area contributed by atoms with E-state index < -0.39 is 0 Å². The van der Waals surface area contributed by atoms with E-state index in [-0.39, 0.29) is 16.3 Å². The van der Waals surface area contributed by atoms with E-state index in [2.05, 4.69) is 104 Å². The van der Waals surface area contributed by atoms with Gasteiger partial charge in [0.1, 0.15) is 19.0 Å². The Kier molecular flexibility index (Phi) is 14.0. The quantitative estimate of drug-likeness (QED) is 0.0391. The summed E-state index contributed by atoms with van der Waals surface area (Å²) in [5.74, 6) is 0. The molecule has 6 aromatic carbocycles. The first kappa shape index (κ1) is 53.4. The van der Waals surface area contributed by atoms with Crippen LogP contribution < -0.4 is 32.2 Å². The summed E-state index contributed by atoms with van der Waals surface area (Å²) in [4.78, 5) is 61.2. The monoisotopic (exact) mass is 1130 g/mol. The Labute approximate surface area is 485 Å². The number of anilines is 3. The summed E-state index contributed by atoms with van der Waals surface area (Å²) in [6, 6.07) is 23.6. The molecule has 15 aromatic rings. The van der Waals surface area contributed by atoms with Crippen LogP contribution in [-0.2, 0) is 0 Å². The Morgan fingerprint density at radius 3 is 1.24 bits per heavy atom. The molecular weight excluding hydrogens is 1070 g/mol. The molecule has 0 aliphatic carbocycles. The highest BCUT2D eigenvalue weighted by atomic mass is 16.1. The number of imidazole rings is 3. The second kappa shape index (κ2) is 22.2. The van der Waals surface area contributed by atoms with Crippen LogP contribution in [0.1, 0.15) is 44.9 Å². The van der Waals surface area contributed by atoms with Gasteiger partial charge < -0.3 is 30.7 Å². The van der Waals surface area contributed by atoms with Gasteiger partial charge in [-0.1, -0.05) is 12.8 Å². The zero-order valence-corrected chi connectivity index (χ0v) is 48.1. The fourth-order valence-corrected chi connectivity index (χ4v) is 12.8. The van der Waals surface area contributed by atoms with Crippen LogP contribution in [0.15, 0.2) is 125 Å². The molecule has 21 nitrogen and oxygen atoms in total. The SMILES string of the molecule is CN(C)CCCCCNc1ccc2ncn3c4ccc5[nH]ncc5c4c(=O)c1c23.CN(C)CCCNc1ccc2ncn3c4ccc5[nH]ncc5c4c(=O)c1c23.O=c1c2c(NCCN3CCCCC3)ccc3ncn(c4ccc5[nH]ncc5c14)c32. The molecule has 0 spiro atoms. The second-order valence-corrected chi connectivity index (χ2v) is 23.0. The Morgan fingerprint density at radius 2 is 0.824 bits per heavy atom. The summed E-state index contributed by atoms with van der Waals surface area (Å²) in [7, 11) is 8.32. The lowest BCUT2D eigenvalue weighted by atomic mass is 10.0. The van der Waals surface area contributed by atoms with E-state index >= 15 is 0 Å². The lowest BCUT2D eigenvalue weighted by Crippen LogP contribution is -2.33. The Bertz CT molecular complexity index is 5110. The summed E-state index contributed by atoms with van der Waals surface area (Å²) in [5.41, 5.74) is 13.0. The second-order valence-electron chi connectivity index (χ2n) is 23.0. The number of fused-ring (bicyclic) bond motifs is 12. The molecule has 0 atom stereocenters. The van der Waals surface area contributed by atoms with E-state index in [1.165, 1.54) is 38.8 Å². The van der Waals surface area contributed by atoms with Crippen molar-refractivity contribution in [3.05, 3.63) is 141 Å². The normalized spacial score (nSPS) is 13.5. The number of pyridine rings is 3. The number of aromatic amines is 3. The summed E-state index contributed by atoms with van der Waals surface area (Å²) >= 11 is 0. The van der Waals surface area contributed by atoms with Crippen molar-refractivity contribution in [1.82, 2.24) is 73.4 Å². The molecule has 6 N–H and O–H groups in total. The van der Waals surface area contributed by atoms with Crippen LogP contribution in [-0.4, -0.2) is 154 Å². The standard InChI is InChI=1S/C22H22N6O.C22H24N6O.C20H20N6O/c29-22-19-14-12-25-26-15(14)6-7-18(19)28-13-24-17-5-4-16(20(22)21(17)28)23-8-11-27-9-2-1-3-10-27;1-27(2)11-5-3-4-10-23-16-6-7-17-21-20(16)22(29)19-14-12-25-26-15(14)8-9-18(19)28(21)13-24-17;1-25(2)9-3-8-21-14-4-5-15-19-18(14)20(27)17-12-10-23-24-13(12)6-7-16(17)26(19)11-22-15/h4-7,12-13,23H,1-3,8-11H2,(H,25,26);6-9,12-13,23H,3-5,10-11H2,1-2H3,(H,25,26);4-7,10-11,21H,3,8-9H2,1-2H3,(H,23,24). The highest BCUT2D eigenvalue weighted by Crippen LogP contribution is 2.34. The number of rotatable bonds is 16. The van der Waals surface area contributed by atoms with Crippen molar-refractivity contribution in [2.75, 3.05) is 96.5 Å². The first-order valence-corrected chi connectivity index (χ1v) is 29.4. The predicted molar refractivity (Wildman–Crippen MR) is 343 cm³/mol. The maximum Gasteiger partial charge on any atom is 0.200 e. The number of hydrogen-bond acceptors (Lipinski definition) is 15. The van der Waals surface area contributed by atoms with Gasteiger partial charge in [-0.2, -0.15) is 15.3 Å². The zero-order chi connectivity index (χ0) is 57.9. The molecule has 0 unspecified atom stereocenters. The largest absolute Gasteiger partial charge is 0.384 e. The number of benzene rings is 6. The van der Waals surface area contributed by atoms with Crippen molar-refractivity contribution in [1.29, 1.82) is 0 Å². The van der Waals surface area contributed by atoms with Crippen LogP contribution in [0.2, 0.25) is 0 Å². The predicted octanol–water partition coefficient (Wildman–Crippen LogP) is 9.35. The van der Waals surface area contributed by atoms with Gasteiger partial charge in [0.2, 0.25) is 0 Å². The van der Waals surface area contributed by atoms with Crippen molar-refractivity contribution in [2.24, 2.45) is 0 Å². The maximum absolute atomic E-state index is 13.7. The maximum atomic E-state index is 13.7. The van der Waals surface area contributed by atoms with Gasteiger partial charge in [-0.05, 0) is 159 Å².